The number of hydrogen-bond acceptors (Lipinski definition) is 7. The lowest BCUT2D eigenvalue weighted by atomic mass is 9.99. The van der Waals surface area contributed by atoms with Crippen LogP contribution in [0.2, 0.25) is 0 Å². The summed E-state index contributed by atoms with van der Waals surface area (Å²) in [5.41, 5.74) is 4.94. The number of carbonyl (C=O) groups is 2. The molecule has 172 valence electrons. The topological polar surface area (TPSA) is 68.8 Å². The first-order chi connectivity index (χ1) is 16.0. The van der Waals surface area contributed by atoms with Gasteiger partial charge in [0.1, 0.15) is 6.29 Å². The van der Waals surface area contributed by atoms with Gasteiger partial charge < -0.3 is 15.1 Å². The lowest BCUT2D eigenvalue weighted by Crippen LogP contribution is -2.44. The molecule has 1 aliphatic heterocycles. The maximum absolute atomic E-state index is 12.3. The summed E-state index contributed by atoms with van der Waals surface area (Å²) in [5, 5.41) is 5.20. The number of amides is 1. The van der Waals surface area contributed by atoms with Crippen LogP contribution in [0.1, 0.15) is 15.9 Å². The van der Waals surface area contributed by atoms with E-state index >= 15 is 0 Å². The van der Waals surface area contributed by atoms with Crippen molar-refractivity contribution in [3.63, 3.8) is 0 Å². The summed E-state index contributed by atoms with van der Waals surface area (Å²) in [6, 6.07) is 14.5. The minimum Gasteiger partial charge on any atom is -0.369 e. The van der Waals surface area contributed by atoms with E-state index in [9.17, 15) is 9.59 Å². The number of nitrogens with zero attached hydrogens (tertiary/aromatic N) is 4. The summed E-state index contributed by atoms with van der Waals surface area (Å²) in [6.07, 6.45) is 2.53. The smallest absolute Gasteiger partial charge is 0.240 e. The van der Waals surface area contributed by atoms with Crippen LogP contribution in [-0.4, -0.2) is 73.8 Å². The number of benzene rings is 2. The predicted octanol–water partition coefficient (Wildman–Crippen LogP) is 3.44. The van der Waals surface area contributed by atoms with Crippen LogP contribution in [0.15, 0.2) is 54.0 Å². The zero-order valence-electron chi connectivity index (χ0n) is 19.0. The Balaban J connectivity index is 1.43. The van der Waals surface area contributed by atoms with Gasteiger partial charge >= 0.3 is 0 Å². The highest BCUT2D eigenvalue weighted by Gasteiger charge is 2.15. The summed E-state index contributed by atoms with van der Waals surface area (Å²) in [4.78, 5) is 34.6. The zero-order chi connectivity index (χ0) is 23.2. The third kappa shape index (κ3) is 6.04. The molecule has 4 rings (SSSR count). The number of aromatic nitrogens is 1. The van der Waals surface area contributed by atoms with E-state index in [1.807, 2.05) is 35.5 Å². The van der Waals surface area contributed by atoms with Crippen molar-refractivity contribution in [3.8, 4) is 11.1 Å². The molecule has 0 radical (unpaired) electrons. The summed E-state index contributed by atoms with van der Waals surface area (Å²) >= 11 is 1.38. The molecular weight excluding hydrogens is 434 g/mol. The molecule has 2 aromatic carbocycles. The van der Waals surface area contributed by atoms with Crippen LogP contribution in [0.25, 0.3) is 11.1 Å². The van der Waals surface area contributed by atoms with Crippen LogP contribution in [0.4, 0.5) is 10.8 Å². The van der Waals surface area contributed by atoms with Crippen molar-refractivity contribution >= 4 is 34.3 Å². The Hall–Kier alpha value is -3.07. The lowest BCUT2D eigenvalue weighted by Gasteiger charge is -2.34. The average molecular weight is 464 g/mol. The monoisotopic (exact) mass is 463 g/mol. The summed E-state index contributed by atoms with van der Waals surface area (Å²) in [5.74, 6) is -0.129. The minimum absolute atomic E-state index is 0.129. The second kappa shape index (κ2) is 10.7. The molecule has 0 saturated carbocycles. The molecule has 3 aromatic rings. The molecule has 1 aliphatic rings. The molecule has 1 saturated heterocycles. The maximum atomic E-state index is 12.3. The van der Waals surface area contributed by atoms with Gasteiger partial charge in [-0.05, 0) is 49.0 Å². The molecule has 33 heavy (non-hydrogen) atoms. The van der Waals surface area contributed by atoms with Crippen molar-refractivity contribution < 1.29 is 9.59 Å². The predicted molar refractivity (Wildman–Crippen MR) is 134 cm³/mol. The highest BCUT2D eigenvalue weighted by Crippen LogP contribution is 2.26. The first kappa shape index (κ1) is 23.1. The Morgan fingerprint density at radius 2 is 1.85 bits per heavy atom. The molecule has 0 aliphatic carbocycles. The van der Waals surface area contributed by atoms with E-state index in [2.05, 4.69) is 51.4 Å². The largest absolute Gasteiger partial charge is 0.369 e. The number of aldehydes is 1. The van der Waals surface area contributed by atoms with Gasteiger partial charge in [0, 0.05) is 55.6 Å². The minimum atomic E-state index is -0.129. The number of hydrogen-bond donors (Lipinski definition) is 1. The molecule has 7 nitrogen and oxygen atoms in total. The van der Waals surface area contributed by atoms with E-state index in [4.69, 9.17) is 0 Å². The fourth-order valence-corrected chi connectivity index (χ4v) is 4.55. The maximum Gasteiger partial charge on any atom is 0.240 e. The second-order valence-corrected chi connectivity index (χ2v) is 9.32. The van der Waals surface area contributed by atoms with Gasteiger partial charge in [0.15, 0.2) is 5.13 Å². The number of carbonyl (C=O) groups excluding carboxylic acids is 2. The Kier molecular flexibility index (Phi) is 7.49. The SMILES string of the molecule is CN1CCN(c2ccc(-c3ccc(C=O)c(CN(C)CC(=O)Nc4nccs4)c3)cc2)CC1. The number of nitrogens with one attached hydrogen (secondary N) is 1. The van der Waals surface area contributed by atoms with Crippen LogP contribution >= 0.6 is 11.3 Å². The van der Waals surface area contributed by atoms with Crippen LogP contribution in [0, 0.1) is 0 Å². The molecule has 0 spiro atoms. The number of piperazine rings is 1. The molecule has 1 aromatic heterocycles. The average Bonchev–Trinajstić information content (AvgIpc) is 3.32. The Morgan fingerprint density at radius 1 is 1.12 bits per heavy atom. The van der Waals surface area contributed by atoms with Crippen LogP contribution in [-0.2, 0) is 11.3 Å². The van der Waals surface area contributed by atoms with Gasteiger partial charge in [0.2, 0.25) is 5.91 Å². The summed E-state index contributed by atoms with van der Waals surface area (Å²) in [6.45, 7) is 4.93. The highest BCUT2D eigenvalue weighted by atomic mass is 32.1. The molecule has 1 fully saturated rings. The van der Waals surface area contributed by atoms with E-state index in [1.165, 1.54) is 17.0 Å². The number of anilines is 2. The lowest BCUT2D eigenvalue weighted by molar-refractivity contribution is -0.117. The Labute approximate surface area is 198 Å². The van der Waals surface area contributed by atoms with Crippen molar-refractivity contribution in [3.05, 3.63) is 65.2 Å². The molecule has 0 atom stereocenters. The fraction of sp³-hybridized carbons (Fsp3) is 0.320. The van der Waals surface area contributed by atoms with Gasteiger partial charge in [-0.2, -0.15) is 0 Å². The van der Waals surface area contributed by atoms with E-state index in [0.29, 0.717) is 17.2 Å². The molecule has 0 bridgehead atoms. The third-order valence-corrected chi connectivity index (χ3v) is 6.56. The van der Waals surface area contributed by atoms with E-state index in [0.717, 1.165) is 49.2 Å². The zero-order valence-corrected chi connectivity index (χ0v) is 19.8. The number of thiazole rings is 1. The van der Waals surface area contributed by atoms with Crippen molar-refractivity contribution in [2.75, 3.05) is 57.0 Å². The normalized spacial score (nSPS) is 14.5. The van der Waals surface area contributed by atoms with Crippen molar-refractivity contribution in [1.82, 2.24) is 14.8 Å². The first-order valence-electron chi connectivity index (χ1n) is 11.0. The second-order valence-electron chi connectivity index (χ2n) is 8.43. The van der Waals surface area contributed by atoms with Crippen LogP contribution < -0.4 is 10.2 Å². The van der Waals surface area contributed by atoms with Crippen LogP contribution in [0.5, 0.6) is 0 Å². The van der Waals surface area contributed by atoms with Gasteiger partial charge in [-0.1, -0.05) is 24.3 Å². The van der Waals surface area contributed by atoms with E-state index in [1.54, 1.807) is 6.20 Å². The van der Waals surface area contributed by atoms with Crippen molar-refractivity contribution in [1.29, 1.82) is 0 Å². The van der Waals surface area contributed by atoms with E-state index < -0.39 is 0 Å². The fourth-order valence-electron chi connectivity index (χ4n) is 4.00. The molecule has 0 unspecified atom stereocenters. The quantitative estimate of drug-likeness (QED) is 0.516. The van der Waals surface area contributed by atoms with Gasteiger partial charge in [-0.25, -0.2) is 4.98 Å². The summed E-state index contributed by atoms with van der Waals surface area (Å²) in [7, 11) is 4.03. The van der Waals surface area contributed by atoms with Crippen molar-refractivity contribution in [2.24, 2.45) is 0 Å². The number of rotatable bonds is 8. The number of likely N-dealkylation sites (N-methyl/N-ethyl adjacent to an activating group) is 2. The van der Waals surface area contributed by atoms with Gasteiger partial charge in [-0.15, -0.1) is 11.3 Å². The molecule has 2 heterocycles. The highest BCUT2D eigenvalue weighted by molar-refractivity contribution is 7.13. The van der Waals surface area contributed by atoms with Crippen molar-refractivity contribution in [2.45, 2.75) is 6.54 Å². The summed E-state index contributed by atoms with van der Waals surface area (Å²) < 4.78 is 0. The van der Waals surface area contributed by atoms with E-state index in [-0.39, 0.29) is 12.5 Å². The molecule has 1 amide bonds. The molecule has 1 N–H and O–H groups in total. The van der Waals surface area contributed by atoms with Gasteiger partial charge in [0.05, 0.1) is 6.54 Å². The Morgan fingerprint density at radius 3 is 2.52 bits per heavy atom. The van der Waals surface area contributed by atoms with Gasteiger partial charge in [0.25, 0.3) is 0 Å². The first-order valence-corrected chi connectivity index (χ1v) is 11.9. The van der Waals surface area contributed by atoms with Crippen LogP contribution in [0.3, 0.4) is 0 Å². The molecule has 8 heteroatoms. The third-order valence-electron chi connectivity index (χ3n) is 5.87. The molecular formula is C25H29N5O2S. The standard InChI is InChI=1S/C25H29N5O2S/c1-28-10-12-30(13-11-28)23-7-5-19(6-8-23)20-3-4-21(18-31)22(15-20)16-29(2)17-24(32)27-25-26-9-14-33-25/h3-9,14-15,18H,10-13,16-17H2,1-2H3,(H,26,27,32). The van der Waals surface area contributed by atoms with Gasteiger partial charge in [-0.3, -0.25) is 14.5 Å². The Bertz CT molecular complexity index is 1080.